The fourth-order valence-electron chi connectivity index (χ4n) is 2.33. The summed E-state index contributed by atoms with van der Waals surface area (Å²) in [5.74, 6) is 0.209. The number of nitrogen functional groups attached to an aromatic ring is 1. The number of benzene rings is 2. The van der Waals surface area contributed by atoms with Crippen molar-refractivity contribution in [1.82, 2.24) is 9.55 Å². The lowest BCUT2D eigenvalue weighted by Crippen LogP contribution is -2.06. The average molecular weight is 313 g/mol. The summed E-state index contributed by atoms with van der Waals surface area (Å²) in [6.07, 6.45) is 0.301. The zero-order chi connectivity index (χ0) is 16.4. The minimum absolute atomic E-state index is 0.286. The molecule has 0 fully saturated rings. The van der Waals surface area contributed by atoms with Crippen molar-refractivity contribution < 1.29 is 13.9 Å². The van der Waals surface area contributed by atoms with Crippen LogP contribution in [0.4, 0.5) is 10.3 Å². The molecule has 2 aromatic carbocycles. The molecule has 3 aromatic rings. The van der Waals surface area contributed by atoms with Gasteiger partial charge in [-0.1, -0.05) is 19.1 Å². The second-order valence-corrected chi connectivity index (χ2v) is 5.16. The molecule has 0 amide bonds. The predicted octanol–water partition coefficient (Wildman–Crippen LogP) is 3.12. The van der Waals surface area contributed by atoms with Crippen LogP contribution < -0.4 is 10.5 Å². The Balaban J connectivity index is 1.98. The van der Waals surface area contributed by atoms with Gasteiger partial charge in [-0.2, -0.15) is 0 Å². The van der Waals surface area contributed by atoms with Crippen molar-refractivity contribution >= 4 is 23.0 Å². The van der Waals surface area contributed by atoms with Gasteiger partial charge >= 0.3 is 5.97 Å². The predicted molar refractivity (Wildman–Crippen MR) is 85.6 cm³/mol. The number of ether oxygens (including phenoxy) is 1. The molecular weight excluding hydrogens is 297 g/mol. The molecule has 0 spiro atoms. The smallest absolute Gasteiger partial charge is 0.310 e. The Morgan fingerprint density at radius 1 is 1.26 bits per heavy atom. The van der Waals surface area contributed by atoms with E-state index in [1.165, 1.54) is 12.1 Å². The maximum absolute atomic E-state index is 13.0. The molecule has 0 bridgehead atoms. The first-order chi connectivity index (χ1) is 11.1. The first-order valence-electron chi connectivity index (χ1n) is 7.27. The number of anilines is 1. The fourth-order valence-corrected chi connectivity index (χ4v) is 2.33. The van der Waals surface area contributed by atoms with Crippen LogP contribution in [0.5, 0.6) is 5.75 Å². The van der Waals surface area contributed by atoms with Gasteiger partial charge < -0.3 is 15.0 Å². The van der Waals surface area contributed by atoms with Gasteiger partial charge in [0.15, 0.2) is 0 Å². The zero-order valence-corrected chi connectivity index (χ0v) is 12.6. The highest BCUT2D eigenvalue weighted by Crippen LogP contribution is 2.24. The molecule has 0 aliphatic heterocycles. The fraction of sp³-hybridized carbons (Fsp3) is 0.176. The molecule has 1 heterocycles. The quantitative estimate of drug-likeness (QED) is 0.593. The summed E-state index contributed by atoms with van der Waals surface area (Å²) < 4.78 is 20.0. The lowest BCUT2D eigenvalue weighted by atomic mass is 10.2. The standard InChI is InChI=1S/C17H16FN3O2/c1-2-16(22)23-13-7-8-14-15(9-13)21(17(19)20-14)10-11-3-5-12(18)6-4-11/h3-9H,2,10H2,1H3,(H2,19,20). The van der Waals surface area contributed by atoms with E-state index in [2.05, 4.69) is 4.98 Å². The number of halogens is 1. The third-order valence-electron chi connectivity index (χ3n) is 3.52. The van der Waals surface area contributed by atoms with Gasteiger partial charge in [-0.25, -0.2) is 9.37 Å². The van der Waals surface area contributed by atoms with E-state index in [-0.39, 0.29) is 11.8 Å². The van der Waals surface area contributed by atoms with E-state index in [4.69, 9.17) is 10.5 Å². The van der Waals surface area contributed by atoms with Crippen LogP contribution in [0.25, 0.3) is 11.0 Å². The first kappa shape index (κ1) is 15.0. The van der Waals surface area contributed by atoms with E-state index < -0.39 is 0 Å². The number of nitrogens with two attached hydrogens (primary N) is 1. The number of esters is 1. The Morgan fingerprint density at radius 3 is 2.70 bits per heavy atom. The molecule has 6 heteroatoms. The van der Waals surface area contributed by atoms with Crippen molar-refractivity contribution in [2.75, 3.05) is 5.73 Å². The summed E-state index contributed by atoms with van der Waals surface area (Å²) in [6, 6.07) is 11.4. The Bertz CT molecular complexity index is 856. The number of fused-ring (bicyclic) bond motifs is 1. The highest BCUT2D eigenvalue weighted by atomic mass is 19.1. The minimum atomic E-state index is -0.304. The summed E-state index contributed by atoms with van der Waals surface area (Å²) in [7, 11) is 0. The highest BCUT2D eigenvalue weighted by molar-refractivity contribution is 5.81. The molecule has 2 N–H and O–H groups in total. The molecular formula is C17H16FN3O2. The molecule has 0 atom stereocenters. The van der Waals surface area contributed by atoms with Gasteiger partial charge in [0.1, 0.15) is 11.6 Å². The number of nitrogens with zero attached hydrogens (tertiary/aromatic N) is 2. The molecule has 0 saturated heterocycles. The van der Waals surface area contributed by atoms with Crippen molar-refractivity contribution in [2.24, 2.45) is 0 Å². The first-order valence-corrected chi connectivity index (χ1v) is 7.27. The van der Waals surface area contributed by atoms with Gasteiger partial charge in [0, 0.05) is 12.5 Å². The van der Waals surface area contributed by atoms with Crippen LogP contribution in [-0.2, 0) is 11.3 Å². The van der Waals surface area contributed by atoms with Crippen molar-refractivity contribution in [3.8, 4) is 5.75 Å². The maximum Gasteiger partial charge on any atom is 0.310 e. The molecule has 0 unspecified atom stereocenters. The van der Waals surface area contributed by atoms with Crippen LogP contribution in [0.1, 0.15) is 18.9 Å². The average Bonchev–Trinajstić information content (AvgIpc) is 2.85. The van der Waals surface area contributed by atoms with Gasteiger partial charge in [-0.05, 0) is 29.8 Å². The highest BCUT2D eigenvalue weighted by Gasteiger charge is 2.11. The summed E-state index contributed by atoms with van der Waals surface area (Å²) in [5.41, 5.74) is 8.34. The van der Waals surface area contributed by atoms with Gasteiger partial charge in [0.05, 0.1) is 17.6 Å². The van der Waals surface area contributed by atoms with Crippen molar-refractivity contribution in [2.45, 2.75) is 19.9 Å². The van der Waals surface area contributed by atoms with Crippen LogP contribution in [0.15, 0.2) is 42.5 Å². The van der Waals surface area contributed by atoms with Gasteiger partial charge in [-0.15, -0.1) is 0 Å². The van der Waals surface area contributed by atoms with E-state index in [0.717, 1.165) is 11.1 Å². The number of hydrogen-bond acceptors (Lipinski definition) is 4. The van der Waals surface area contributed by atoms with Crippen LogP contribution >= 0.6 is 0 Å². The van der Waals surface area contributed by atoms with Crippen LogP contribution in [0, 0.1) is 5.82 Å². The Labute approximate surface area is 132 Å². The summed E-state index contributed by atoms with van der Waals surface area (Å²) in [5, 5.41) is 0. The van der Waals surface area contributed by atoms with Crippen molar-refractivity contribution in [1.29, 1.82) is 0 Å². The Hall–Kier alpha value is -2.89. The molecule has 5 nitrogen and oxygen atoms in total. The van der Waals surface area contributed by atoms with Crippen molar-refractivity contribution in [3.05, 3.63) is 53.8 Å². The summed E-state index contributed by atoms with van der Waals surface area (Å²) >= 11 is 0. The Morgan fingerprint density at radius 2 is 2.00 bits per heavy atom. The van der Waals surface area contributed by atoms with Crippen molar-refractivity contribution in [3.63, 3.8) is 0 Å². The molecule has 1 aromatic heterocycles. The molecule has 3 rings (SSSR count). The third-order valence-corrected chi connectivity index (χ3v) is 3.52. The normalized spacial score (nSPS) is 10.9. The van der Waals surface area contributed by atoms with Gasteiger partial charge in [-0.3, -0.25) is 4.79 Å². The topological polar surface area (TPSA) is 70.1 Å². The van der Waals surface area contributed by atoms with E-state index in [9.17, 15) is 9.18 Å². The number of aromatic nitrogens is 2. The number of rotatable bonds is 4. The molecule has 0 saturated carbocycles. The molecule has 0 radical (unpaired) electrons. The van der Waals surface area contributed by atoms with Crippen LogP contribution in [0.3, 0.4) is 0 Å². The second kappa shape index (κ2) is 6.08. The van der Waals surface area contributed by atoms with E-state index in [0.29, 0.717) is 30.2 Å². The SMILES string of the molecule is CCC(=O)Oc1ccc2nc(N)n(Cc3ccc(F)cc3)c2c1. The molecule has 0 aliphatic rings. The summed E-state index contributed by atoms with van der Waals surface area (Å²) in [6.45, 7) is 2.19. The van der Waals surface area contributed by atoms with Gasteiger partial charge in [0.25, 0.3) is 0 Å². The Kier molecular flexibility index (Phi) is 3.97. The molecule has 23 heavy (non-hydrogen) atoms. The van der Waals surface area contributed by atoms with Crippen LogP contribution in [-0.4, -0.2) is 15.5 Å². The monoisotopic (exact) mass is 313 g/mol. The molecule has 0 aliphatic carbocycles. The van der Waals surface area contributed by atoms with E-state index >= 15 is 0 Å². The zero-order valence-electron chi connectivity index (χ0n) is 12.6. The minimum Gasteiger partial charge on any atom is -0.426 e. The summed E-state index contributed by atoms with van der Waals surface area (Å²) in [4.78, 5) is 15.7. The number of hydrogen-bond donors (Lipinski definition) is 1. The maximum atomic E-state index is 13.0. The van der Waals surface area contributed by atoms with E-state index in [1.807, 2.05) is 0 Å². The number of imidazole rings is 1. The molecule has 118 valence electrons. The number of carbonyl (C=O) groups is 1. The third kappa shape index (κ3) is 3.15. The second-order valence-electron chi connectivity index (χ2n) is 5.16. The van der Waals surface area contributed by atoms with Gasteiger partial charge in [0.2, 0.25) is 5.95 Å². The van der Waals surface area contributed by atoms with Crippen LogP contribution in [0.2, 0.25) is 0 Å². The number of carbonyl (C=O) groups excluding carboxylic acids is 1. The lowest BCUT2D eigenvalue weighted by Gasteiger charge is -2.08. The van der Waals surface area contributed by atoms with E-state index in [1.54, 1.807) is 41.8 Å². The lowest BCUT2D eigenvalue weighted by molar-refractivity contribution is -0.134. The largest absolute Gasteiger partial charge is 0.426 e.